The molecule has 0 bridgehead atoms. The first-order valence-electron chi connectivity index (χ1n) is 6.44. The molecule has 1 atom stereocenters. The molecule has 0 spiro atoms. The van der Waals surface area contributed by atoms with Crippen LogP contribution in [0.15, 0.2) is 18.2 Å². The maximum Gasteiger partial charge on any atom is 0.0576 e. The van der Waals surface area contributed by atoms with Crippen molar-refractivity contribution in [1.29, 1.82) is 0 Å². The van der Waals surface area contributed by atoms with Gasteiger partial charge in [-0.15, -0.1) is 0 Å². The summed E-state index contributed by atoms with van der Waals surface area (Å²) >= 11 is 0. The van der Waals surface area contributed by atoms with Crippen LogP contribution in [0.2, 0.25) is 0 Å². The van der Waals surface area contributed by atoms with Gasteiger partial charge in [0.15, 0.2) is 0 Å². The Balaban J connectivity index is 2.61. The van der Waals surface area contributed by atoms with Crippen LogP contribution in [0.3, 0.4) is 0 Å². The maximum atomic E-state index is 4.61. The Labute approximate surface area is 99.5 Å². The molecule has 0 aliphatic carbocycles. The number of hydrogen-bond donors (Lipinski definition) is 1. The van der Waals surface area contributed by atoms with Crippen molar-refractivity contribution in [2.45, 2.75) is 52.5 Å². The second-order valence-corrected chi connectivity index (χ2v) is 4.31. The lowest BCUT2D eigenvalue weighted by Gasteiger charge is -2.17. The quantitative estimate of drug-likeness (QED) is 0.710. The molecule has 1 rings (SSSR count). The first kappa shape index (κ1) is 13.2. The topological polar surface area (TPSA) is 24.9 Å². The van der Waals surface area contributed by atoms with E-state index < -0.39 is 0 Å². The van der Waals surface area contributed by atoms with Gasteiger partial charge in [-0.3, -0.25) is 4.98 Å². The van der Waals surface area contributed by atoms with Crippen molar-refractivity contribution in [3.8, 4) is 0 Å². The average Bonchev–Trinajstić information content (AvgIpc) is 2.28. The zero-order chi connectivity index (χ0) is 11.8. The maximum absolute atomic E-state index is 4.61. The van der Waals surface area contributed by atoms with E-state index in [0.29, 0.717) is 6.04 Å². The zero-order valence-electron chi connectivity index (χ0n) is 10.8. The van der Waals surface area contributed by atoms with E-state index in [-0.39, 0.29) is 0 Å². The third-order valence-corrected chi connectivity index (χ3v) is 2.81. The van der Waals surface area contributed by atoms with Crippen molar-refractivity contribution < 1.29 is 0 Å². The molecule has 0 amide bonds. The van der Waals surface area contributed by atoms with Crippen LogP contribution in [-0.2, 0) is 0 Å². The number of pyridine rings is 1. The second-order valence-electron chi connectivity index (χ2n) is 4.31. The monoisotopic (exact) mass is 220 g/mol. The van der Waals surface area contributed by atoms with Crippen LogP contribution in [0.1, 0.15) is 57.0 Å². The van der Waals surface area contributed by atoms with Gasteiger partial charge in [-0.2, -0.15) is 0 Å². The van der Waals surface area contributed by atoms with E-state index in [1.54, 1.807) is 0 Å². The third-order valence-electron chi connectivity index (χ3n) is 2.81. The van der Waals surface area contributed by atoms with Gasteiger partial charge in [-0.1, -0.05) is 39.2 Å². The van der Waals surface area contributed by atoms with Crippen molar-refractivity contribution >= 4 is 0 Å². The lowest BCUT2D eigenvalue weighted by atomic mass is 10.0. The van der Waals surface area contributed by atoms with Crippen molar-refractivity contribution in [2.75, 3.05) is 6.54 Å². The van der Waals surface area contributed by atoms with E-state index in [2.05, 4.69) is 49.3 Å². The van der Waals surface area contributed by atoms with Gasteiger partial charge < -0.3 is 5.32 Å². The highest BCUT2D eigenvalue weighted by molar-refractivity contribution is 5.13. The summed E-state index contributed by atoms with van der Waals surface area (Å²) in [5.74, 6) is 0. The summed E-state index contributed by atoms with van der Waals surface area (Å²) in [5, 5.41) is 3.52. The first-order valence-corrected chi connectivity index (χ1v) is 6.44. The highest BCUT2D eigenvalue weighted by Gasteiger charge is 2.10. The Hall–Kier alpha value is -0.890. The Kier molecular flexibility index (Phi) is 6.09. The SMILES string of the molecule is CCCCCC(NCC)c1cccc(C)n1. The lowest BCUT2D eigenvalue weighted by Crippen LogP contribution is -2.22. The summed E-state index contributed by atoms with van der Waals surface area (Å²) in [5.41, 5.74) is 2.30. The van der Waals surface area contributed by atoms with Crippen molar-refractivity contribution in [1.82, 2.24) is 10.3 Å². The van der Waals surface area contributed by atoms with Gasteiger partial charge in [-0.05, 0) is 32.0 Å². The van der Waals surface area contributed by atoms with Crippen LogP contribution in [-0.4, -0.2) is 11.5 Å². The van der Waals surface area contributed by atoms with Crippen LogP contribution in [0.5, 0.6) is 0 Å². The molecule has 90 valence electrons. The zero-order valence-corrected chi connectivity index (χ0v) is 10.8. The number of aryl methyl sites for hydroxylation is 1. The van der Waals surface area contributed by atoms with Gasteiger partial charge in [0.05, 0.1) is 5.69 Å². The van der Waals surface area contributed by atoms with Crippen molar-refractivity contribution in [2.24, 2.45) is 0 Å². The molecular weight excluding hydrogens is 196 g/mol. The van der Waals surface area contributed by atoms with Crippen molar-refractivity contribution in [3.05, 3.63) is 29.6 Å². The largest absolute Gasteiger partial charge is 0.309 e. The summed E-state index contributed by atoms with van der Waals surface area (Å²) in [4.78, 5) is 4.61. The summed E-state index contributed by atoms with van der Waals surface area (Å²) in [6, 6.07) is 6.71. The van der Waals surface area contributed by atoms with E-state index in [1.807, 2.05) is 0 Å². The number of nitrogens with zero attached hydrogens (tertiary/aromatic N) is 1. The van der Waals surface area contributed by atoms with E-state index >= 15 is 0 Å². The number of hydrogen-bond acceptors (Lipinski definition) is 2. The molecule has 2 nitrogen and oxygen atoms in total. The second kappa shape index (κ2) is 7.39. The average molecular weight is 220 g/mol. The summed E-state index contributed by atoms with van der Waals surface area (Å²) in [6.45, 7) is 7.46. The van der Waals surface area contributed by atoms with E-state index in [9.17, 15) is 0 Å². The summed E-state index contributed by atoms with van der Waals surface area (Å²) < 4.78 is 0. The molecule has 1 aromatic heterocycles. The highest BCUT2D eigenvalue weighted by atomic mass is 14.9. The molecule has 1 unspecified atom stereocenters. The van der Waals surface area contributed by atoms with Crippen LogP contribution in [0.25, 0.3) is 0 Å². The minimum absolute atomic E-state index is 0.427. The molecular formula is C14H24N2. The van der Waals surface area contributed by atoms with Gasteiger partial charge in [0.1, 0.15) is 0 Å². The highest BCUT2D eigenvalue weighted by Crippen LogP contribution is 2.18. The Bertz CT molecular complexity index is 297. The van der Waals surface area contributed by atoms with Gasteiger partial charge in [0.2, 0.25) is 0 Å². The van der Waals surface area contributed by atoms with Crippen LogP contribution in [0.4, 0.5) is 0 Å². The summed E-state index contributed by atoms with van der Waals surface area (Å²) in [6.07, 6.45) is 5.07. The number of rotatable bonds is 7. The Morgan fingerprint density at radius 3 is 2.69 bits per heavy atom. The number of nitrogens with one attached hydrogen (secondary N) is 1. The third kappa shape index (κ3) is 4.31. The van der Waals surface area contributed by atoms with E-state index in [1.165, 1.54) is 31.4 Å². The normalized spacial score (nSPS) is 12.7. The molecule has 0 radical (unpaired) electrons. The Morgan fingerprint density at radius 2 is 2.06 bits per heavy atom. The van der Waals surface area contributed by atoms with Crippen LogP contribution in [0, 0.1) is 6.92 Å². The molecule has 1 heterocycles. The van der Waals surface area contributed by atoms with E-state index in [0.717, 1.165) is 12.2 Å². The van der Waals surface area contributed by atoms with Gasteiger partial charge in [0, 0.05) is 11.7 Å². The minimum atomic E-state index is 0.427. The molecule has 0 saturated heterocycles. The molecule has 0 fully saturated rings. The molecule has 0 aliphatic heterocycles. The smallest absolute Gasteiger partial charge is 0.0576 e. The van der Waals surface area contributed by atoms with Crippen LogP contribution < -0.4 is 5.32 Å². The lowest BCUT2D eigenvalue weighted by molar-refractivity contribution is 0.476. The standard InChI is InChI=1S/C14H24N2/c1-4-6-7-10-13(15-5-2)14-11-8-9-12(3)16-14/h8-9,11,13,15H,4-7,10H2,1-3H3. The molecule has 1 aromatic rings. The fourth-order valence-corrected chi connectivity index (χ4v) is 1.96. The number of unbranched alkanes of at least 4 members (excludes halogenated alkanes) is 2. The molecule has 0 saturated carbocycles. The van der Waals surface area contributed by atoms with Crippen LogP contribution >= 0.6 is 0 Å². The molecule has 16 heavy (non-hydrogen) atoms. The fourth-order valence-electron chi connectivity index (χ4n) is 1.96. The first-order chi connectivity index (χ1) is 7.77. The van der Waals surface area contributed by atoms with Gasteiger partial charge >= 0.3 is 0 Å². The molecule has 2 heteroatoms. The molecule has 0 aromatic carbocycles. The minimum Gasteiger partial charge on any atom is -0.309 e. The van der Waals surface area contributed by atoms with E-state index in [4.69, 9.17) is 0 Å². The van der Waals surface area contributed by atoms with Crippen molar-refractivity contribution in [3.63, 3.8) is 0 Å². The molecule has 0 aliphatic rings. The Morgan fingerprint density at radius 1 is 1.25 bits per heavy atom. The van der Waals surface area contributed by atoms with Gasteiger partial charge in [-0.25, -0.2) is 0 Å². The summed E-state index contributed by atoms with van der Waals surface area (Å²) in [7, 11) is 0. The molecule has 1 N–H and O–H groups in total. The number of aromatic nitrogens is 1. The fraction of sp³-hybridized carbons (Fsp3) is 0.643. The predicted molar refractivity (Wildman–Crippen MR) is 69.5 cm³/mol. The van der Waals surface area contributed by atoms with Gasteiger partial charge in [0.25, 0.3) is 0 Å². The predicted octanol–water partition coefficient (Wildman–Crippen LogP) is 3.62.